The lowest BCUT2D eigenvalue weighted by molar-refractivity contribution is -0.134. The number of rotatable bonds is 3. The van der Waals surface area contributed by atoms with Gasteiger partial charge in [-0.2, -0.15) is 0 Å². The molecule has 0 aliphatic carbocycles. The second-order valence-electron chi connectivity index (χ2n) is 5.45. The molecule has 0 atom stereocenters. The molecule has 7 nitrogen and oxygen atoms in total. The van der Waals surface area contributed by atoms with E-state index in [2.05, 4.69) is 0 Å². The molecule has 128 valence electrons. The van der Waals surface area contributed by atoms with E-state index in [9.17, 15) is 22.8 Å². The van der Waals surface area contributed by atoms with Gasteiger partial charge in [-0.25, -0.2) is 18.1 Å². The van der Waals surface area contributed by atoms with Crippen molar-refractivity contribution >= 4 is 33.4 Å². The number of amides is 4. The van der Waals surface area contributed by atoms with Crippen LogP contribution in [0.4, 0.5) is 10.5 Å². The predicted molar refractivity (Wildman–Crippen MR) is 88.6 cm³/mol. The normalized spacial score (nSPS) is 15.6. The third-order valence-corrected chi connectivity index (χ3v) is 5.65. The summed E-state index contributed by atoms with van der Waals surface area (Å²) >= 11 is 0. The number of benzene rings is 2. The highest BCUT2D eigenvalue weighted by atomic mass is 32.2. The van der Waals surface area contributed by atoms with E-state index in [0.29, 0.717) is 0 Å². The van der Waals surface area contributed by atoms with Crippen molar-refractivity contribution in [3.05, 3.63) is 54.6 Å². The Kier molecular flexibility index (Phi) is 4.13. The molecule has 0 saturated carbocycles. The standard InChI is InChI=1S/C17H14N2O5S/c1-18-15(20)11-16(21)19(17(18)22)12-7-9-14(10-8-12)25(23,24)13-5-3-2-4-6-13/h2-10H,11H2,1H3. The molecule has 1 heterocycles. The van der Waals surface area contributed by atoms with E-state index in [1.165, 1.54) is 43.4 Å². The molecule has 2 aromatic rings. The number of hydrogen-bond donors (Lipinski definition) is 0. The Morgan fingerprint density at radius 1 is 0.800 bits per heavy atom. The Bertz CT molecular complexity index is 952. The molecule has 0 N–H and O–H groups in total. The summed E-state index contributed by atoms with van der Waals surface area (Å²) in [6.07, 6.45) is -0.410. The number of nitrogens with zero attached hydrogens (tertiary/aromatic N) is 2. The summed E-state index contributed by atoms with van der Waals surface area (Å²) < 4.78 is 25.1. The Morgan fingerprint density at radius 3 is 1.96 bits per heavy atom. The maximum absolute atomic E-state index is 12.5. The Hall–Kier alpha value is -3.00. The molecule has 4 amide bonds. The minimum absolute atomic E-state index is 0.0452. The number of hydrogen-bond acceptors (Lipinski definition) is 5. The van der Waals surface area contributed by atoms with Crippen LogP contribution >= 0.6 is 0 Å². The fourth-order valence-electron chi connectivity index (χ4n) is 2.45. The summed E-state index contributed by atoms with van der Waals surface area (Å²) in [7, 11) is -2.40. The molecule has 8 heteroatoms. The fourth-order valence-corrected chi connectivity index (χ4v) is 3.74. The lowest BCUT2D eigenvalue weighted by atomic mass is 10.2. The van der Waals surface area contributed by atoms with Gasteiger partial charge >= 0.3 is 6.03 Å². The van der Waals surface area contributed by atoms with Crippen LogP contribution in [0.2, 0.25) is 0 Å². The summed E-state index contributed by atoms with van der Waals surface area (Å²) in [6, 6.07) is 12.6. The molecule has 0 aromatic heterocycles. The van der Waals surface area contributed by atoms with Crippen LogP contribution in [-0.4, -0.2) is 38.2 Å². The van der Waals surface area contributed by atoms with Crippen LogP contribution in [0.5, 0.6) is 0 Å². The third kappa shape index (κ3) is 2.91. The number of carbonyl (C=O) groups is 3. The Morgan fingerprint density at radius 2 is 1.36 bits per heavy atom. The van der Waals surface area contributed by atoms with E-state index < -0.39 is 34.1 Å². The number of anilines is 1. The second-order valence-corrected chi connectivity index (χ2v) is 7.40. The van der Waals surface area contributed by atoms with Crippen LogP contribution in [0.25, 0.3) is 0 Å². The van der Waals surface area contributed by atoms with Gasteiger partial charge in [0.1, 0.15) is 6.42 Å². The van der Waals surface area contributed by atoms with Crippen molar-refractivity contribution < 1.29 is 22.8 Å². The summed E-state index contributed by atoms with van der Waals surface area (Å²) in [5, 5.41) is 0. The molecule has 0 unspecified atom stereocenters. The number of imide groups is 2. The van der Waals surface area contributed by atoms with Gasteiger partial charge in [0.2, 0.25) is 21.7 Å². The largest absolute Gasteiger partial charge is 0.337 e. The van der Waals surface area contributed by atoms with Crippen molar-refractivity contribution in [3.8, 4) is 0 Å². The van der Waals surface area contributed by atoms with E-state index in [0.717, 1.165) is 9.80 Å². The molecule has 1 aliphatic rings. The molecule has 0 radical (unpaired) electrons. The van der Waals surface area contributed by atoms with Crippen molar-refractivity contribution in [2.24, 2.45) is 0 Å². The topological polar surface area (TPSA) is 91.8 Å². The molecule has 1 fully saturated rings. The van der Waals surface area contributed by atoms with Crippen LogP contribution in [0.1, 0.15) is 6.42 Å². The highest BCUT2D eigenvalue weighted by molar-refractivity contribution is 7.91. The SMILES string of the molecule is CN1C(=O)CC(=O)N(c2ccc(S(=O)(=O)c3ccccc3)cc2)C1=O. The van der Waals surface area contributed by atoms with E-state index in [1.807, 2.05) is 0 Å². The fraction of sp³-hybridized carbons (Fsp3) is 0.118. The lowest BCUT2D eigenvalue weighted by Gasteiger charge is -2.30. The van der Waals surface area contributed by atoms with Gasteiger partial charge in [-0.05, 0) is 36.4 Å². The molecular formula is C17H14N2O5S. The van der Waals surface area contributed by atoms with Gasteiger partial charge < -0.3 is 0 Å². The van der Waals surface area contributed by atoms with Gasteiger partial charge in [0.25, 0.3) is 0 Å². The quantitative estimate of drug-likeness (QED) is 0.781. The molecule has 2 aromatic carbocycles. The molecule has 0 spiro atoms. The van der Waals surface area contributed by atoms with Crippen LogP contribution in [-0.2, 0) is 19.4 Å². The van der Waals surface area contributed by atoms with E-state index in [-0.39, 0.29) is 15.5 Å². The summed E-state index contributed by atoms with van der Waals surface area (Å²) in [5.74, 6) is -1.22. The average molecular weight is 358 g/mol. The molecular weight excluding hydrogens is 344 g/mol. The maximum atomic E-state index is 12.5. The van der Waals surface area contributed by atoms with Gasteiger partial charge in [0.15, 0.2) is 0 Å². The Labute approximate surface area is 144 Å². The second kappa shape index (κ2) is 6.14. The van der Waals surface area contributed by atoms with Crippen LogP contribution in [0, 0.1) is 0 Å². The zero-order valence-electron chi connectivity index (χ0n) is 13.2. The summed E-state index contributed by atoms with van der Waals surface area (Å²) in [4.78, 5) is 37.6. The monoisotopic (exact) mass is 358 g/mol. The van der Waals surface area contributed by atoms with Crippen LogP contribution in [0.15, 0.2) is 64.4 Å². The molecule has 1 aliphatic heterocycles. The molecule has 1 saturated heterocycles. The maximum Gasteiger partial charge on any atom is 0.337 e. The van der Waals surface area contributed by atoms with Gasteiger partial charge in [-0.1, -0.05) is 18.2 Å². The van der Waals surface area contributed by atoms with Gasteiger partial charge in [0.05, 0.1) is 15.5 Å². The molecule has 3 rings (SSSR count). The van der Waals surface area contributed by atoms with Crippen LogP contribution in [0.3, 0.4) is 0 Å². The minimum Gasteiger partial charge on any atom is -0.274 e. The Balaban J connectivity index is 1.94. The lowest BCUT2D eigenvalue weighted by Crippen LogP contribution is -2.53. The van der Waals surface area contributed by atoms with E-state index >= 15 is 0 Å². The summed E-state index contributed by atoms with van der Waals surface area (Å²) in [6.45, 7) is 0. The first-order chi connectivity index (χ1) is 11.8. The van der Waals surface area contributed by atoms with Crippen LogP contribution < -0.4 is 4.90 Å². The zero-order chi connectivity index (χ0) is 18.2. The van der Waals surface area contributed by atoms with Gasteiger partial charge in [-0.15, -0.1) is 0 Å². The smallest absolute Gasteiger partial charge is 0.274 e. The van der Waals surface area contributed by atoms with Crippen molar-refractivity contribution in [2.75, 3.05) is 11.9 Å². The van der Waals surface area contributed by atoms with Gasteiger partial charge in [-0.3, -0.25) is 14.5 Å². The van der Waals surface area contributed by atoms with Gasteiger partial charge in [0, 0.05) is 7.05 Å². The highest BCUT2D eigenvalue weighted by Crippen LogP contribution is 2.26. The number of sulfone groups is 1. The first-order valence-corrected chi connectivity index (χ1v) is 8.84. The highest BCUT2D eigenvalue weighted by Gasteiger charge is 2.36. The van der Waals surface area contributed by atoms with Crippen molar-refractivity contribution in [2.45, 2.75) is 16.2 Å². The van der Waals surface area contributed by atoms with Crippen molar-refractivity contribution in [1.82, 2.24) is 4.90 Å². The summed E-state index contributed by atoms with van der Waals surface area (Å²) in [5.41, 5.74) is 0.210. The molecule has 25 heavy (non-hydrogen) atoms. The van der Waals surface area contributed by atoms with E-state index in [4.69, 9.17) is 0 Å². The first-order valence-electron chi connectivity index (χ1n) is 7.36. The third-order valence-electron chi connectivity index (χ3n) is 3.86. The zero-order valence-corrected chi connectivity index (χ0v) is 14.1. The molecule has 0 bridgehead atoms. The van der Waals surface area contributed by atoms with Crippen molar-refractivity contribution in [1.29, 1.82) is 0 Å². The van der Waals surface area contributed by atoms with Crippen molar-refractivity contribution in [3.63, 3.8) is 0 Å². The van der Waals surface area contributed by atoms with E-state index in [1.54, 1.807) is 18.2 Å². The minimum atomic E-state index is -3.69. The number of barbiturate groups is 1. The number of carbonyl (C=O) groups excluding carboxylic acids is 3. The first kappa shape index (κ1) is 16.8. The average Bonchev–Trinajstić information content (AvgIpc) is 2.61. The number of urea groups is 1. The predicted octanol–water partition coefficient (Wildman–Crippen LogP) is 1.83.